The van der Waals surface area contributed by atoms with Crippen LogP contribution in [0.1, 0.15) is 71.6 Å². The Morgan fingerprint density at radius 2 is 1.93 bits per heavy atom. The van der Waals surface area contributed by atoms with Gasteiger partial charge in [-0.05, 0) is 87.4 Å². The average Bonchev–Trinajstić information content (AvgIpc) is 2.60. The van der Waals surface area contributed by atoms with E-state index in [9.17, 15) is 14.7 Å². The van der Waals surface area contributed by atoms with E-state index in [1.165, 1.54) is 6.08 Å². The van der Waals surface area contributed by atoms with Gasteiger partial charge in [0.05, 0.1) is 5.60 Å². The summed E-state index contributed by atoms with van der Waals surface area (Å²) in [6, 6.07) is 0. The zero-order valence-electron chi connectivity index (χ0n) is 16.7. The number of carbonyl (C=O) groups excluding carboxylic acids is 1. The fourth-order valence-electron chi connectivity index (χ4n) is 6.64. The van der Waals surface area contributed by atoms with Gasteiger partial charge in [-0.1, -0.05) is 13.5 Å². The Labute approximate surface area is 162 Å². The van der Waals surface area contributed by atoms with Crippen molar-refractivity contribution >= 4 is 11.9 Å². The van der Waals surface area contributed by atoms with E-state index in [0.717, 1.165) is 44.9 Å². The average molecular weight is 379 g/mol. The van der Waals surface area contributed by atoms with Gasteiger partial charge in [0.1, 0.15) is 6.10 Å². The minimum atomic E-state index is -0.780. The van der Waals surface area contributed by atoms with Gasteiger partial charge in [0, 0.05) is 12.5 Å². The fraction of sp³-hybridized carbons (Fsp3) is 0.818. The molecule has 0 radical (unpaired) electrons. The molecular weight excluding hydrogens is 344 g/mol. The van der Waals surface area contributed by atoms with E-state index >= 15 is 0 Å². The number of fused-ring (bicyclic) bond motifs is 3. The van der Waals surface area contributed by atoms with Crippen LogP contribution in [0.5, 0.6) is 0 Å². The Morgan fingerprint density at radius 3 is 2.59 bits per heavy atom. The lowest BCUT2D eigenvalue weighted by Crippen LogP contribution is -2.56. The molecule has 152 valence electrons. The highest BCUT2D eigenvalue weighted by atomic mass is 16.5. The number of aliphatic carboxylic acids is 1. The first-order chi connectivity index (χ1) is 12.7. The number of carbonyl (C=O) groups is 2. The molecule has 0 spiro atoms. The Hall–Kier alpha value is -1.36. The number of ether oxygens (including phenoxy) is 1. The van der Waals surface area contributed by atoms with Crippen LogP contribution in [0.2, 0.25) is 0 Å². The Bertz CT molecular complexity index is 598. The molecule has 3 aliphatic carbocycles. The molecule has 0 saturated heterocycles. The molecule has 0 aliphatic heterocycles. The van der Waals surface area contributed by atoms with E-state index in [1.54, 1.807) is 0 Å². The van der Waals surface area contributed by atoms with Crippen molar-refractivity contribution in [1.29, 1.82) is 0 Å². The largest absolute Gasteiger partial charge is 0.481 e. The lowest BCUT2D eigenvalue weighted by Gasteiger charge is -2.60. The van der Waals surface area contributed by atoms with Crippen LogP contribution in [0.4, 0.5) is 0 Å². The summed E-state index contributed by atoms with van der Waals surface area (Å²) in [5, 5.41) is 20.1. The van der Waals surface area contributed by atoms with Crippen molar-refractivity contribution in [3.8, 4) is 0 Å². The molecule has 5 heteroatoms. The number of rotatable bonds is 5. The molecule has 5 nitrogen and oxygen atoms in total. The highest BCUT2D eigenvalue weighted by molar-refractivity contribution is 5.81. The minimum Gasteiger partial charge on any atom is -0.481 e. The van der Waals surface area contributed by atoms with Crippen molar-refractivity contribution in [3.05, 3.63) is 12.7 Å². The van der Waals surface area contributed by atoms with Gasteiger partial charge >= 0.3 is 11.9 Å². The normalized spacial score (nSPS) is 43.9. The second-order valence-electron chi connectivity index (χ2n) is 9.52. The third-order valence-electron chi connectivity index (χ3n) is 8.09. The SMILES string of the molecule is C=CC(=O)O[C@@H]1CC[C@@]2(C)[C@@H](CC[C@@H]3[C@@H]2CC[C@](C)(O)[C@H]3CCC(=O)O)C1. The smallest absolute Gasteiger partial charge is 0.330 e. The maximum atomic E-state index is 11.6. The zero-order valence-corrected chi connectivity index (χ0v) is 16.7. The second kappa shape index (κ2) is 7.57. The van der Waals surface area contributed by atoms with Gasteiger partial charge < -0.3 is 14.9 Å². The summed E-state index contributed by atoms with van der Waals surface area (Å²) in [5.41, 5.74) is -0.575. The van der Waals surface area contributed by atoms with Crippen molar-refractivity contribution < 1.29 is 24.5 Å². The first-order valence-electron chi connectivity index (χ1n) is 10.4. The molecule has 0 aromatic heterocycles. The molecular formula is C22H34O5. The number of carboxylic acid groups (broad SMARTS) is 1. The maximum absolute atomic E-state index is 11.6. The van der Waals surface area contributed by atoms with Gasteiger partial charge in [0.25, 0.3) is 0 Å². The minimum absolute atomic E-state index is 0.0142. The molecule has 3 aliphatic rings. The van der Waals surface area contributed by atoms with Crippen LogP contribution in [0.3, 0.4) is 0 Å². The first kappa shape index (κ1) is 20.4. The summed E-state index contributed by atoms with van der Waals surface area (Å²) >= 11 is 0. The van der Waals surface area contributed by atoms with Crippen LogP contribution in [-0.4, -0.2) is 33.9 Å². The van der Waals surface area contributed by atoms with Crippen LogP contribution in [0.25, 0.3) is 0 Å². The monoisotopic (exact) mass is 378 g/mol. The maximum Gasteiger partial charge on any atom is 0.330 e. The number of carboxylic acids is 1. The van der Waals surface area contributed by atoms with E-state index in [2.05, 4.69) is 13.5 Å². The lowest BCUT2D eigenvalue weighted by molar-refractivity contribution is -0.169. The first-order valence-corrected chi connectivity index (χ1v) is 10.4. The number of aliphatic hydroxyl groups is 1. The van der Waals surface area contributed by atoms with Crippen molar-refractivity contribution in [1.82, 2.24) is 0 Å². The summed E-state index contributed by atoms with van der Waals surface area (Å²) in [6.07, 6.45) is 8.59. The Morgan fingerprint density at radius 1 is 1.19 bits per heavy atom. The highest BCUT2D eigenvalue weighted by Gasteiger charge is 2.56. The van der Waals surface area contributed by atoms with Crippen molar-refractivity contribution in [2.24, 2.45) is 29.1 Å². The molecule has 0 unspecified atom stereocenters. The van der Waals surface area contributed by atoms with Gasteiger partial charge in [-0.15, -0.1) is 0 Å². The summed E-state index contributed by atoms with van der Waals surface area (Å²) in [4.78, 5) is 22.7. The van der Waals surface area contributed by atoms with Crippen LogP contribution in [-0.2, 0) is 14.3 Å². The number of hydrogen-bond acceptors (Lipinski definition) is 4. The molecule has 0 heterocycles. The number of hydrogen-bond donors (Lipinski definition) is 2. The molecule has 7 atom stereocenters. The van der Waals surface area contributed by atoms with Crippen LogP contribution in [0.15, 0.2) is 12.7 Å². The third-order valence-corrected chi connectivity index (χ3v) is 8.09. The third kappa shape index (κ3) is 3.94. The topological polar surface area (TPSA) is 83.8 Å². The summed E-state index contributed by atoms with van der Waals surface area (Å²) in [5.74, 6) is 0.379. The second-order valence-corrected chi connectivity index (χ2v) is 9.52. The molecule has 0 aromatic carbocycles. The van der Waals surface area contributed by atoms with E-state index in [0.29, 0.717) is 24.2 Å². The summed E-state index contributed by atoms with van der Waals surface area (Å²) in [6.45, 7) is 7.77. The van der Waals surface area contributed by atoms with Crippen LogP contribution >= 0.6 is 0 Å². The fourth-order valence-corrected chi connectivity index (χ4v) is 6.64. The molecule has 3 fully saturated rings. The van der Waals surface area contributed by atoms with Crippen molar-refractivity contribution in [2.45, 2.75) is 83.3 Å². The van der Waals surface area contributed by atoms with E-state index < -0.39 is 11.6 Å². The molecule has 0 bridgehead atoms. The molecule has 3 rings (SSSR count). The van der Waals surface area contributed by atoms with E-state index in [4.69, 9.17) is 9.84 Å². The molecule has 2 N–H and O–H groups in total. The highest BCUT2D eigenvalue weighted by Crippen LogP contribution is 2.62. The Balaban J connectivity index is 1.75. The van der Waals surface area contributed by atoms with Gasteiger partial charge in [-0.3, -0.25) is 4.79 Å². The molecule has 3 saturated carbocycles. The zero-order chi connectivity index (χ0) is 19.8. The summed E-state index contributed by atoms with van der Waals surface area (Å²) in [7, 11) is 0. The summed E-state index contributed by atoms with van der Waals surface area (Å²) < 4.78 is 5.53. The lowest BCUT2D eigenvalue weighted by atomic mass is 9.46. The van der Waals surface area contributed by atoms with Crippen molar-refractivity contribution in [3.63, 3.8) is 0 Å². The van der Waals surface area contributed by atoms with Gasteiger partial charge in [0.2, 0.25) is 0 Å². The Kier molecular flexibility index (Phi) is 5.72. The van der Waals surface area contributed by atoms with Crippen LogP contribution in [0, 0.1) is 29.1 Å². The van der Waals surface area contributed by atoms with Gasteiger partial charge in [0.15, 0.2) is 0 Å². The van der Waals surface area contributed by atoms with Gasteiger partial charge in [-0.2, -0.15) is 0 Å². The predicted octanol–water partition coefficient (Wildman–Crippen LogP) is 3.94. The van der Waals surface area contributed by atoms with Crippen LogP contribution < -0.4 is 0 Å². The number of esters is 1. The quantitative estimate of drug-likeness (QED) is 0.559. The molecule has 0 aromatic rings. The van der Waals surface area contributed by atoms with E-state index in [-0.39, 0.29) is 29.8 Å². The van der Waals surface area contributed by atoms with E-state index in [1.807, 2.05) is 6.92 Å². The standard InChI is InChI=1S/C22H34O5/c1-4-20(25)27-15-9-11-21(2)14(13-15)5-6-16-17(21)10-12-22(3,26)18(16)7-8-19(23)24/h4,14-18,26H,1,5-13H2,2-3H3,(H,23,24)/t14-,15+,16+,17-,18-,21-,22-/m0/s1. The van der Waals surface area contributed by atoms with Gasteiger partial charge in [-0.25, -0.2) is 4.79 Å². The molecule has 27 heavy (non-hydrogen) atoms. The molecule has 0 amide bonds. The predicted molar refractivity (Wildman–Crippen MR) is 102 cm³/mol. The van der Waals surface area contributed by atoms with Crippen molar-refractivity contribution in [2.75, 3.05) is 0 Å².